The molecule has 0 aromatic carbocycles. The average molecular weight is 988 g/mol. The molecule has 2 N–H and O–H groups in total. The molecule has 0 bridgehead atoms. The van der Waals surface area contributed by atoms with E-state index in [-0.39, 0.29) is 31.5 Å². The fraction of sp³-hybridized carbons (Fsp3) is 0.763. The predicted octanol–water partition coefficient (Wildman–Crippen LogP) is 16.9. The fourth-order valence-electron chi connectivity index (χ4n) is 7.80. The van der Waals surface area contributed by atoms with E-state index in [9.17, 15) is 19.0 Å². The van der Waals surface area contributed by atoms with Gasteiger partial charge in [-0.25, -0.2) is 4.57 Å². The van der Waals surface area contributed by atoms with Crippen LogP contribution >= 0.6 is 7.82 Å². The van der Waals surface area contributed by atoms with E-state index in [1.165, 1.54) is 122 Å². The molecule has 0 aliphatic carbocycles. The number of hydrogen-bond acceptors (Lipinski definition) is 6. The van der Waals surface area contributed by atoms with Gasteiger partial charge in [-0.2, -0.15) is 0 Å². The maximum atomic E-state index is 13.5. The van der Waals surface area contributed by atoms with Crippen LogP contribution < -0.4 is 5.32 Å². The minimum Gasteiger partial charge on any atom is -0.456 e. The summed E-state index contributed by atoms with van der Waals surface area (Å²) in [6, 6.07) is -0.870. The van der Waals surface area contributed by atoms with Crippen molar-refractivity contribution in [1.82, 2.24) is 5.32 Å². The van der Waals surface area contributed by atoms with E-state index >= 15 is 0 Å². The van der Waals surface area contributed by atoms with E-state index in [2.05, 4.69) is 86.8 Å². The molecule has 10 heteroatoms. The van der Waals surface area contributed by atoms with E-state index in [0.717, 1.165) is 77.0 Å². The van der Waals surface area contributed by atoms with E-state index in [1.54, 1.807) is 0 Å². The fourth-order valence-corrected chi connectivity index (χ4v) is 8.53. The molecule has 0 heterocycles. The normalized spacial score (nSPS) is 14.4. The molecule has 0 aliphatic heterocycles. The Morgan fingerprint density at radius 1 is 0.522 bits per heavy atom. The number of likely N-dealkylation sites (N-methyl/N-ethyl adjacent to an activating group) is 1. The number of carbonyl (C=O) groups excluding carboxylic acids is 2. The van der Waals surface area contributed by atoms with Gasteiger partial charge < -0.3 is 19.4 Å². The second-order valence-electron chi connectivity index (χ2n) is 20.1. The van der Waals surface area contributed by atoms with Gasteiger partial charge in [-0.1, -0.05) is 229 Å². The zero-order valence-electron chi connectivity index (χ0n) is 45.5. The lowest BCUT2D eigenvalue weighted by atomic mass is 10.0. The van der Waals surface area contributed by atoms with Crippen molar-refractivity contribution in [2.45, 2.75) is 251 Å². The number of hydrogen-bond donors (Lipinski definition) is 2. The zero-order chi connectivity index (χ0) is 50.8. The van der Waals surface area contributed by atoms with Gasteiger partial charge in [0.1, 0.15) is 19.3 Å². The monoisotopic (exact) mass is 988 g/mol. The molecule has 0 spiro atoms. The highest BCUT2D eigenvalue weighted by Gasteiger charge is 2.30. The Morgan fingerprint density at radius 2 is 0.942 bits per heavy atom. The molecule has 3 atom stereocenters. The number of rotatable bonds is 50. The third-order valence-corrected chi connectivity index (χ3v) is 13.1. The van der Waals surface area contributed by atoms with Crippen LogP contribution in [0.25, 0.3) is 0 Å². The molecule has 0 saturated carbocycles. The topological polar surface area (TPSA) is 111 Å². The summed E-state index contributed by atoms with van der Waals surface area (Å²) in [5.74, 6) is -0.572. The lowest BCUT2D eigenvalue weighted by Crippen LogP contribution is -2.47. The van der Waals surface area contributed by atoms with Crippen molar-refractivity contribution in [2.24, 2.45) is 0 Å². The number of quaternary nitrogens is 1. The number of amides is 1. The number of esters is 1. The number of carbonyl (C=O) groups is 2. The average Bonchev–Trinajstić information content (AvgIpc) is 3.31. The van der Waals surface area contributed by atoms with Crippen molar-refractivity contribution in [3.05, 3.63) is 72.9 Å². The van der Waals surface area contributed by atoms with Crippen LogP contribution in [0.2, 0.25) is 0 Å². The van der Waals surface area contributed by atoms with Crippen molar-refractivity contribution < 1.29 is 37.3 Å². The number of ether oxygens (including phenoxy) is 1. The SMILES string of the molecule is CC/C=C\C/C=C\C/C=C\C/C=C\C/C=C\CCCC(=O)OC(/C=C/CCCCCCCCCCCC)C(COP(=O)(O)OCC[N+](C)(C)C)NC(=O)CCCCCCCCCCCCCCCC. The first-order valence-electron chi connectivity index (χ1n) is 28.3. The largest absolute Gasteiger partial charge is 0.472 e. The third-order valence-electron chi connectivity index (χ3n) is 12.2. The quantitative estimate of drug-likeness (QED) is 0.0205. The highest BCUT2D eigenvalue weighted by Crippen LogP contribution is 2.43. The summed E-state index contributed by atoms with van der Waals surface area (Å²) >= 11 is 0. The van der Waals surface area contributed by atoms with E-state index in [1.807, 2.05) is 33.3 Å². The maximum absolute atomic E-state index is 13.5. The Balaban J connectivity index is 5.46. The number of nitrogens with one attached hydrogen (secondary N) is 1. The minimum absolute atomic E-state index is 0.0302. The van der Waals surface area contributed by atoms with Crippen LogP contribution in [-0.4, -0.2) is 74.3 Å². The summed E-state index contributed by atoms with van der Waals surface area (Å²) in [5.41, 5.74) is 0. The molecular weight excluding hydrogens is 880 g/mol. The van der Waals surface area contributed by atoms with Gasteiger partial charge in [-0.3, -0.25) is 18.6 Å². The lowest BCUT2D eigenvalue weighted by Gasteiger charge is -2.27. The number of allylic oxidation sites excluding steroid dienone is 11. The Labute approximate surface area is 425 Å². The highest BCUT2D eigenvalue weighted by atomic mass is 31.2. The van der Waals surface area contributed by atoms with Crippen LogP contribution in [0.4, 0.5) is 0 Å². The smallest absolute Gasteiger partial charge is 0.456 e. The minimum atomic E-state index is -4.45. The van der Waals surface area contributed by atoms with Crippen LogP contribution in [0.15, 0.2) is 72.9 Å². The van der Waals surface area contributed by atoms with Crippen molar-refractivity contribution >= 4 is 19.7 Å². The molecule has 0 aromatic rings. The predicted molar refractivity (Wildman–Crippen MR) is 295 cm³/mol. The first-order valence-corrected chi connectivity index (χ1v) is 29.8. The summed E-state index contributed by atoms with van der Waals surface area (Å²) in [6.45, 7) is 6.85. The van der Waals surface area contributed by atoms with E-state index in [4.69, 9.17) is 13.8 Å². The van der Waals surface area contributed by atoms with Gasteiger partial charge in [-0.15, -0.1) is 0 Å². The summed E-state index contributed by atoms with van der Waals surface area (Å²) in [7, 11) is 1.46. The first kappa shape index (κ1) is 66.5. The molecule has 0 rings (SSSR count). The molecule has 0 aliphatic rings. The standard InChI is InChI=1S/C59H107N2O7P/c1-7-10-13-16-19-22-25-28-30-31-32-34-37-40-43-46-49-52-59(63)68-57(50-47-44-41-38-35-27-24-21-18-15-12-9-3)56(55-67-69(64,65)66-54-53-61(4,5)6)60-58(62)51-48-45-42-39-36-33-29-26-23-20-17-14-11-8-2/h10,13,19,22,28,30,32,34,40,43,47,50,56-57H,7-9,11-12,14-18,20-21,23-27,29,31,33,35-39,41-42,44-46,48-49,51-55H2,1-6H3,(H-,60,62,64,65)/p+1/b13-10-,22-19-,30-28-,34-32-,43-40-,50-47+. The van der Waals surface area contributed by atoms with Crippen molar-refractivity contribution in [3.63, 3.8) is 0 Å². The maximum Gasteiger partial charge on any atom is 0.472 e. The first-order chi connectivity index (χ1) is 33.4. The number of nitrogens with zero attached hydrogens (tertiary/aromatic N) is 1. The number of phosphoric acid groups is 1. The summed E-state index contributed by atoms with van der Waals surface area (Å²) in [5, 5.41) is 3.03. The lowest BCUT2D eigenvalue weighted by molar-refractivity contribution is -0.870. The van der Waals surface area contributed by atoms with Gasteiger partial charge in [-0.05, 0) is 70.3 Å². The number of unbranched alkanes of at least 4 members (excludes halogenated alkanes) is 24. The Hall–Kier alpha value is -2.55. The molecule has 0 radical (unpaired) electrons. The molecule has 0 aromatic heterocycles. The molecule has 1 amide bonds. The van der Waals surface area contributed by atoms with Crippen LogP contribution in [0.3, 0.4) is 0 Å². The van der Waals surface area contributed by atoms with Crippen LogP contribution in [-0.2, 0) is 27.9 Å². The molecule has 0 fully saturated rings. The summed E-state index contributed by atoms with van der Waals surface area (Å²) in [4.78, 5) is 37.5. The zero-order valence-corrected chi connectivity index (χ0v) is 46.4. The number of phosphoric ester groups is 1. The van der Waals surface area contributed by atoms with Gasteiger partial charge in [0.2, 0.25) is 5.91 Å². The summed E-state index contributed by atoms with van der Waals surface area (Å²) in [6.07, 6.45) is 61.8. The summed E-state index contributed by atoms with van der Waals surface area (Å²) < 4.78 is 30.5. The molecule has 69 heavy (non-hydrogen) atoms. The Kier molecular flexibility index (Phi) is 47.2. The third kappa shape index (κ3) is 50.2. The van der Waals surface area contributed by atoms with Crippen LogP contribution in [0, 0.1) is 0 Å². The second-order valence-corrected chi connectivity index (χ2v) is 21.5. The Bertz CT molecular complexity index is 1420. The van der Waals surface area contributed by atoms with Crippen molar-refractivity contribution in [3.8, 4) is 0 Å². The molecular formula is C59H108N2O7P+. The van der Waals surface area contributed by atoms with Crippen LogP contribution in [0.5, 0.6) is 0 Å². The van der Waals surface area contributed by atoms with Gasteiger partial charge in [0, 0.05) is 12.8 Å². The van der Waals surface area contributed by atoms with E-state index < -0.39 is 20.0 Å². The van der Waals surface area contributed by atoms with Gasteiger partial charge >= 0.3 is 13.8 Å². The molecule has 400 valence electrons. The Morgan fingerprint density at radius 3 is 1.41 bits per heavy atom. The van der Waals surface area contributed by atoms with Gasteiger partial charge in [0.05, 0.1) is 33.8 Å². The van der Waals surface area contributed by atoms with Gasteiger partial charge in [0.25, 0.3) is 0 Å². The highest BCUT2D eigenvalue weighted by molar-refractivity contribution is 7.47. The molecule has 3 unspecified atom stereocenters. The van der Waals surface area contributed by atoms with Crippen molar-refractivity contribution in [2.75, 3.05) is 40.9 Å². The molecule has 9 nitrogen and oxygen atoms in total. The molecule has 0 saturated heterocycles. The van der Waals surface area contributed by atoms with E-state index in [0.29, 0.717) is 23.9 Å². The second kappa shape index (κ2) is 49.0. The van der Waals surface area contributed by atoms with Crippen LogP contribution in [0.1, 0.15) is 239 Å². The van der Waals surface area contributed by atoms with Gasteiger partial charge in [0.15, 0.2) is 0 Å². The van der Waals surface area contributed by atoms with Crippen molar-refractivity contribution in [1.29, 1.82) is 0 Å².